The van der Waals surface area contributed by atoms with Crippen molar-refractivity contribution in [3.8, 4) is 10.6 Å². The number of hydrogen-bond donors (Lipinski definition) is 1. The Morgan fingerprint density at radius 3 is 2.50 bits per heavy atom. The number of rotatable bonds is 5. The van der Waals surface area contributed by atoms with Crippen molar-refractivity contribution in [2.24, 2.45) is 0 Å². The Labute approximate surface area is 160 Å². The van der Waals surface area contributed by atoms with Crippen molar-refractivity contribution >= 4 is 17.4 Å². The van der Waals surface area contributed by atoms with Crippen molar-refractivity contribution in [1.82, 2.24) is 20.1 Å². The predicted molar refractivity (Wildman–Crippen MR) is 108 cm³/mol. The summed E-state index contributed by atoms with van der Waals surface area (Å²) >= 11 is 1.76. The second-order valence-corrected chi connectivity index (χ2v) is 8.12. The summed E-state index contributed by atoms with van der Waals surface area (Å²) in [6.45, 7) is 11.4. The third-order valence-electron chi connectivity index (χ3n) is 4.74. The number of carbonyl (C=O) groups excluding carboxylic acids is 1. The molecule has 5 nitrogen and oxygen atoms in total. The Morgan fingerprint density at radius 2 is 1.88 bits per heavy atom. The third-order valence-corrected chi connectivity index (χ3v) is 5.78. The molecule has 1 N–H and O–H groups in total. The van der Waals surface area contributed by atoms with Gasteiger partial charge in [0.15, 0.2) is 0 Å². The quantitative estimate of drug-likeness (QED) is 0.869. The van der Waals surface area contributed by atoms with Gasteiger partial charge in [-0.05, 0) is 18.4 Å². The molecule has 1 aliphatic rings. The van der Waals surface area contributed by atoms with Crippen LogP contribution in [0, 0.1) is 0 Å². The van der Waals surface area contributed by atoms with Gasteiger partial charge in [-0.3, -0.25) is 4.90 Å². The van der Waals surface area contributed by atoms with Crippen LogP contribution in [-0.2, 0) is 6.54 Å². The van der Waals surface area contributed by atoms with E-state index in [1.165, 1.54) is 16.0 Å². The first-order chi connectivity index (χ1) is 12.6. The highest BCUT2D eigenvalue weighted by atomic mass is 32.1. The minimum absolute atomic E-state index is 0.0528. The average Bonchev–Trinajstić information content (AvgIpc) is 3.11. The summed E-state index contributed by atoms with van der Waals surface area (Å²) in [5, 5.41) is 3.95. The van der Waals surface area contributed by atoms with Gasteiger partial charge in [-0.2, -0.15) is 0 Å². The van der Waals surface area contributed by atoms with E-state index in [0.29, 0.717) is 12.5 Å². The molecule has 0 unspecified atom stereocenters. The van der Waals surface area contributed by atoms with E-state index < -0.39 is 0 Å². The first-order valence-electron chi connectivity index (χ1n) is 9.37. The number of piperazine rings is 1. The zero-order valence-electron chi connectivity index (χ0n) is 15.9. The van der Waals surface area contributed by atoms with Crippen LogP contribution in [0.1, 0.15) is 37.1 Å². The summed E-state index contributed by atoms with van der Waals surface area (Å²) in [6.07, 6.45) is 1.99. The fourth-order valence-corrected chi connectivity index (χ4v) is 4.08. The van der Waals surface area contributed by atoms with Gasteiger partial charge in [-0.25, -0.2) is 9.78 Å². The first kappa shape index (κ1) is 18.9. The molecule has 3 rings (SSSR count). The van der Waals surface area contributed by atoms with Crippen LogP contribution in [0.4, 0.5) is 4.79 Å². The molecule has 0 spiro atoms. The highest BCUT2D eigenvalue weighted by Crippen LogP contribution is 2.27. The molecule has 1 aromatic heterocycles. The van der Waals surface area contributed by atoms with E-state index in [9.17, 15) is 4.79 Å². The van der Waals surface area contributed by atoms with Gasteiger partial charge in [0, 0.05) is 55.9 Å². The van der Waals surface area contributed by atoms with Gasteiger partial charge in [0.1, 0.15) is 5.01 Å². The van der Waals surface area contributed by atoms with E-state index >= 15 is 0 Å². The first-order valence-corrected chi connectivity index (χ1v) is 10.2. The molecule has 26 heavy (non-hydrogen) atoms. The Hall–Kier alpha value is -1.92. The number of nitrogens with one attached hydrogen (secondary N) is 1. The van der Waals surface area contributed by atoms with Crippen molar-refractivity contribution in [1.29, 1.82) is 0 Å². The normalized spacial score (nSPS) is 15.5. The summed E-state index contributed by atoms with van der Waals surface area (Å²) < 4.78 is 0. The van der Waals surface area contributed by atoms with Crippen molar-refractivity contribution in [2.75, 3.05) is 32.7 Å². The lowest BCUT2D eigenvalue weighted by atomic mass is 10.0. The lowest BCUT2D eigenvalue weighted by Crippen LogP contribution is -2.51. The molecule has 6 heteroatoms. The Kier molecular flexibility index (Phi) is 6.27. The molecule has 2 aromatic rings. The van der Waals surface area contributed by atoms with E-state index in [1.54, 1.807) is 11.3 Å². The fraction of sp³-hybridized carbons (Fsp3) is 0.500. The van der Waals surface area contributed by atoms with Gasteiger partial charge in [0.25, 0.3) is 0 Å². The average molecular weight is 373 g/mol. The minimum Gasteiger partial charge on any atom is -0.338 e. The largest absolute Gasteiger partial charge is 0.338 e. The zero-order valence-corrected chi connectivity index (χ0v) is 16.7. The van der Waals surface area contributed by atoms with E-state index in [1.807, 2.05) is 18.0 Å². The molecule has 0 aliphatic carbocycles. The molecule has 2 amide bonds. The molecule has 1 aliphatic heterocycles. The van der Waals surface area contributed by atoms with Crippen LogP contribution in [0.5, 0.6) is 0 Å². The Morgan fingerprint density at radius 1 is 1.19 bits per heavy atom. The third kappa shape index (κ3) is 4.62. The van der Waals surface area contributed by atoms with Crippen LogP contribution in [-0.4, -0.2) is 53.5 Å². The van der Waals surface area contributed by atoms with Crippen LogP contribution in [0.15, 0.2) is 30.5 Å². The highest BCUT2D eigenvalue weighted by Gasteiger charge is 2.21. The number of hydrogen-bond acceptors (Lipinski definition) is 4. The monoisotopic (exact) mass is 372 g/mol. The summed E-state index contributed by atoms with van der Waals surface area (Å²) in [6, 6.07) is 8.78. The topological polar surface area (TPSA) is 48.5 Å². The van der Waals surface area contributed by atoms with E-state index in [-0.39, 0.29) is 6.03 Å². The molecule has 0 bridgehead atoms. The number of thiazole rings is 1. The van der Waals surface area contributed by atoms with Crippen LogP contribution < -0.4 is 5.32 Å². The molecular weight excluding hydrogens is 344 g/mol. The van der Waals surface area contributed by atoms with Gasteiger partial charge in [0.2, 0.25) is 0 Å². The van der Waals surface area contributed by atoms with Crippen LogP contribution >= 0.6 is 11.3 Å². The fourth-order valence-electron chi connectivity index (χ4n) is 3.12. The number of carbonyl (C=O) groups is 1. The van der Waals surface area contributed by atoms with E-state index in [2.05, 4.69) is 53.3 Å². The van der Waals surface area contributed by atoms with Crippen LogP contribution in [0.2, 0.25) is 0 Å². The van der Waals surface area contributed by atoms with Crippen molar-refractivity contribution in [3.05, 3.63) is 40.9 Å². The maximum absolute atomic E-state index is 11.9. The maximum atomic E-state index is 11.9. The van der Waals surface area contributed by atoms with Crippen molar-refractivity contribution in [2.45, 2.75) is 33.2 Å². The number of benzene rings is 1. The lowest BCUT2D eigenvalue weighted by molar-refractivity contribution is 0.136. The van der Waals surface area contributed by atoms with Gasteiger partial charge in [-0.1, -0.05) is 38.1 Å². The molecule has 1 aromatic carbocycles. The van der Waals surface area contributed by atoms with E-state index in [0.717, 1.165) is 37.7 Å². The van der Waals surface area contributed by atoms with Gasteiger partial charge in [-0.15, -0.1) is 11.3 Å². The molecular formula is C20H28N4OS. The van der Waals surface area contributed by atoms with Crippen LogP contribution in [0.25, 0.3) is 10.6 Å². The lowest BCUT2D eigenvalue weighted by Gasteiger charge is -2.34. The zero-order chi connectivity index (χ0) is 18.5. The molecule has 140 valence electrons. The van der Waals surface area contributed by atoms with Crippen molar-refractivity contribution in [3.63, 3.8) is 0 Å². The SMILES string of the molecule is CCNC(=O)N1CCN(Cc2cnc(-c3ccc(C(C)C)cc3)s2)CC1. The molecule has 1 fully saturated rings. The van der Waals surface area contributed by atoms with Gasteiger partial charge >= 0.3 is 6.03 Å². The van der Waals surface area contributed by atoms with Gasteiger partial charge < -0.3 is 10.2 Å². The summed E-state index contributed by atoms with van der Waals surface area (Å²) in [5.41, 5.74) is 2.54. The standard InChI is InChI=1S/C20H28N4OS/c1-4-21-20(25)24-11-9-23(10-12-24)14-18-13-22-19(26-18)17-7-5-16(6-8-17)15(2)3/h5-8,13,15H,4,9-12,14H2,1-3H3,(H,21,25). The molecule has 2 heterocycles. The Balaban J connectivity index is 1.55. The second kappa shape index (κ2) is 8.64. The number of aromatic nitrogens is 1. The van der Waals surface area contributed by atoms with Crippen LogP contribution in [0.3, 0.4) is 0 Å². The van der Waals surface area contributed by atoms with Gasteiger partial charge in [0.05, 0.1) is 0 Å². The number of amides is 2. The molecule has 1 saturated heterocycles. The summed E-state index contributed by atoms with van der Waals surface area (Å²) in [7, 11) is 0. The number of nitrogens with zero attached hydrogens (tertiary/aromatic N) is 3. The minimum atomic E-state index is 0.0528. The molecule has 0 atom stereocenters. The Bertz CT molecular complexity index is 718. The summed E-state index contributed by atoms with van der Waals surface area (Å²) in [5.74, 6) is 0.550. The van der Waals surface area contributed by atoms with Crippen molar-refractivity contribution < 1.29 is 4.79 Å². The molecule has 0 saturated carbocycles. The predicted octanol–water partition coefficient (Wildman–Crippen LogP) is 3.78. The molecule has 0 radical (unpaired) electrons. The smallest absolute Gasteiger partial charge is 0.317 e. The second-order valence-electron chi connectivity index (χ2n) is 7.01. The van der Waals surface area contributed by atoms with E-state index in [4.69, 9.17) is 0 Å². The maximum Gasteiger partial charge on any atom is 0.317 e. The summed E-state index contributed by atoms with van der Waals surface area (Å²) in [4.78, 5) is 22.1. The number of urea groups is 1. The highest BCUT2D eigenvalue weighted by molar-refractivity contribution is 7.15.